The molecule has 2 aliphatic rings. The smallest absolute Gasteiger partial charge is 0.236 e. The maximum Gasteiger partial charge on any atom is 0.236 e. The summed E-state index contributed by atoms with van der Waals surface area (Å²) >= 11 is 0. The summed E-state index contributed by atoms with van der Waals surface area (Å²) in [5.41, 5.74) is 5.98. The van der Waals surface area contributed by atoms with Crippen molar-refractivity contribution in [3.8, 4) is 0 Å². The summed E-state index contributed by atoms with van der Waals surface area (Å²) in [5, 5.41) is 3.01. The molecule has 0 aromatic rings. The van der Waals surface area contributed by atoms with Gasteiger partial charge in [-0.15, -0.1) is 0 Å². The second kappa shape index (κ2) is 6.39. The van der Waals surface area contributed by atoms with Gasteiger partial charge in [0.2, 0.25) is 5.91 Å². The summed E-state index contributed by atoms with van der Waals surface area (Å²) in [6, 6.07) is -0.279. The molecule has 0 bridgehead atoms. The van der Waals surface area contributed by atoms with Crippen molar-refractivity contribution in [2.75, 3.05) is 6.54 Å². The molecule has 1 atom stereocenters. The molecule has 0 saturated heterocycles. The third kappa shape index (κ3) is 3.98. The molecular formula is C14H26N2O. The van der Waals surface area contributed by atoms with E-state index >= 15 is 0 Å². The normalized spacial score (nSPS) is 24.1. The summed E-state index contributed by atoms with van der Waals surface area (Å²) < 4.78 is 0. The average molecular weight is 238 g/mol. The lowest BCUT2D eigenvalue weighted by atomic mass is 9.84. The van der Waals surface area contributed by atoms with E-state index in [-0.39, 0.29) is 11.9 Å². The van der Waals surface area contributed by atoms with Gasteiger partial charge in [0.25, 0.3) is 0 Å². The van der Waals surface area contributed by atoms with Gasteiger partial charge in [-0.25, -0.2) is 0 Å². The van der Waals surface area contributed by atoms with Crippen LogP contribution in [0, 0.1) is 11.8 Å². The third-order valence-electron chi connectivity index (χ3n) is 4.44. The minimum atomic E-state index is -0.279. The highest BCUT2D eigenvalue weighted by atomic mass is 16.2. The minimum Gasteiger partial charge on any atom is -0.354 e. The fourth-order valence-electron chi connectivity index (χ4n) is 2.96. The van der Waals surface area contributed by atoms with E-state index in [1.807, 2.05) is 0 Å². The van der Waals surface area contributed by atoms with Gasteiger partial charge in [-0.05, 0) is 31.1 Å². The highest BCUT2D eigenvalue weighted by Crippen LogP contribution is 2.27. The Morgan fingerprint density at radius 1 is 1.06 bits per heavy atom. The van der Waals surface area contributed by atoms with Gasteiger partial charge in [0.15, 0.2) is 0 Å². The van der Waals surface area contributed by atoms with Gasteiger partial charge in [-0.3, -0.25) is 4.79 Å². The van der Waals surface area contributed by atoms with Crippen molar-refractivity contribution < 1.29 is 4.79 Å². The van der Waals surface area contributed by atoms with Crippen LogP contribution < -0.4 is 11.1 Å². The lowest BCUT2D eigenvalue weighted by molar-refractivity contribution is -0.123. The van der Waals surface area contributed by atoms with Gasteiger partial charge in [0.1, 0.15) is 0 Å². The molecule has 0 radical (unpaired) electrons. The number of hydrogen-bond acceptors (Lipinski definition) is 2. The Morgan fingerprint density at radius 3 is 2.29 bits per heavy atom. The molecule has 0 aliphatic heterocycles. The van der Waals surface area contributed by atoms with Crippen LogP contribution >= 0.6 is 0 Å². The third-order valence-corrected chi connectivity index (χ3v) is 4.44. The van der Waals surface area contributed by atoms with E-state index in [1.54, 1.807) is 0 Å². The molecule has 3 N–H and O–H groups in total. The molecular weight excluding hydrogens is 212 g/mol. The van der Waals surface area contributed by atoms with Crippen LogP contribution in [0.5, 0.6) is 0 Å². The van der Waals surface area contributed by atoms with Crippen LogP contribution in [-0.4, -0.2) is 18.5 Å². The highest BCUT2D eigenvalue weighted by Gasteiger charge is 2.23. The maximum atomic E-state index is 11.8. The van der Waals surface area contributed by atoms with Crippen molar-refractivity contribution in [1.82, 2.24) is 5.32 Å². The van der Waals surface area contributed by atoms with Crippen molar-refractivity contribution in [1.29, 1.82) is 0 Å². The average Bonchev–Trinajstić information content (AvgIpc) is 2.28. The zero-order valence-corrected chi connectivity index (χ0v) is 10.8. The van der Waals surface area contributed by atoms with E-state index in [9.17, 15) is 4.79 Å². The Morgan fingerprint density at radius 2 is 1.71 bits per heavy atom. The Bertz CT molecular complexity index is 245. The Hall–Kier alpha value is -0.570. The summed E-state index contributed by atoms with van der Waals surface area (Å²) in [5.74, 6) is 1.48. The zero-order valence-electron chi connectivity index (χ0n) is 10.8. The largest absolute Gasteiger partial charge is 0.354 e. The molecule has 3 nitrogen and oxygen atoms in total. The number of hydrogen-bond donors (Lipinski definition) is 2. The van der Waals surface area contributed by atoms with Crippen LogP contribution in [0.15, 0.2) is 0 Å². The number of nitrogens with one attached hydrogen (secondary N) is 1. The first-order valence-corrected chi connectivity index (χ1v) is 7.29. The second-order valence-electron chi connectivity index (χ2n) is 5.89. The summed E-state index contributed by atoms with van der Waals surface area (Å²) in [6.45, 7) is 0.844. The van der Waals surface area contributed by atoms with Gasteiger partial charge in [-0.2, -0.15) is 0 Å². The first-order valence-electron chi connectivity index (χ1n) is 7.29. The van der Waals surface area contributed by atoms with Gasteiger partial charge in [-0.1, -0.05) is 38.5 Å². The molecule has 2 fully saturated rings. The van der Waals surface area contributed by atoms with Crippen molar-refractivity contribution in [2.45, 2.75) is 63.8 Å². The molecule has 2 saturated carbocycles. The SMILES string of the molecule is NC(CC1CCCCC1)C(=O)NCC1CCC1. The fraction of sp³-hybridized carbons (Fsp3) is 0.929. The Balaban J connectivity index is 1.62. The van der Waals surface area contributed by atoms with Crippen molar-refractivity contribution in [3.05, 3.63) is 0 Å². The number of carbonyl (C=O) groups excluding carboxylic acids is 1. The molecule has 2 aliphatic carbocycles. The highest BCUT2D eigenvalue weighted by molar-refractivity contribution is 5.81. The minimum absolute atomic E-state index is 0.0717. The quantitative estimate of drug-likeness (QED) is 0.771. The van der Waals surface area contributed by atoms with Crippen LogP contribution in [-0.2, 0) is 4.79 Å². The molecule has 0 aromatic carbocycles. The topological polar surface area (TPSA) is 55.1 Å². The fourth-order valence-corrected chi connectivity index (χ4v) is 2.96. The second-order valence-corrected chi connectivity index (χ2v) is 5.89. The number of nitrogens with two attached hydrogens (primary N) is 1. The van der Waals surface area contributed by atoms with Gasteiger partial charge >= 0.3 is 0 Å². The van der Waals surface area contributed by atoms with E-state index < -0.39 is 0 Å². The van der Waals surface area contributed by atoms with E-state index in [0.717, 1.165) is 18.9 Å². The number of amides is 1. The summed E-state index contributed by atoms with van der Waals surface area (Å²) in [6.07, 6.45) is 11.3. The van der Waals surface area contributed by atoms with Crippen LogP contribution in [0.3, 0.4) is 0 Å². The molecule has 0 heterocycles. The van der Waals surface area contributed by atoms with E-state index in [0.29, 0.717) is 5.92 Å². The monoisotopic (exact) mass is 238 g/mol. The first-order chi connectivity index (χ1) is 8.25. The molecule has 1 amide bonds. The van der Waals surface area contributed by atoms with Crippen LogP contribution in [0.4, 0.5) is 0 Å². The van der Waals surface area contributed by atoms with Crippen LogP contribution in [0.1, 0.15) is 57.8 Å². The Labute approximate surface area is 105 Å². The van der Waals surface area contributed by atoms with Crippen molar-refractivity contribution in [3.63, 3.8) is 0 Å². The van der Waals surface area contributed by atoms with Crippen LogP contribution in [0.2, 0.25) is 0 Å². The lowest BCUT2D eigenvalue weighted by Gasteiger charge is -2.27. The molecule has 0 aromatic heterocycles. The first kappa shape index (κ1) is 12.9. The predicted octanol–water partition coefficient (Wildman–Crippen LogP) is 2.20. The standard InChI is InChI=1S/C14H26N2O/c15-13(9-11-5-2-1-3-6-11)14(17)16-10-12-7-4-8-12/h11-13H,1-10,15H2,(H,16,17). The molecule has 2 rings (SSSR count). The van der Waals surface area contributed by atoms with E-state index in [4.69, 9.17) is 5.73 Å². The molecule has 17 heavy (non-hydrogen) atoms. The van der Waals surface area contributed by atoms with E-state index in [2.05, 4.69) is 5.32 Å². The Kier molecular flexibility index (Phi) is 4.84. The lowest BCUT2D eigenvalue weighted by Crippen LogP contribution is -2.44. The predicted molar refractivity (Wildman–Crippen MR) is 69.5 cm³/mol. The molecule has 3 heteroatoms. The molecule has 0 spiro atoms. The summed E-state index contributed by atoms with van der Waals surface area (Å²) in [4.78, 5) is 11.8. The zero-order chi connectivity index (χ0) is 12.1. The molecule has 1 unspecified atom stereocenters. The van der Waals surface area contributed by atoms with Crippen LogP contribution in [0.25, 0.3) is 0 Å². The van der Waals surface area contributed by atoms with Gasteiger partial charge in [0, 0.05) is 6.54 Å². The van der Waals surface area contributed by atoms with Crippen molar-refractivity contribution >= 4 is 5.91 Å². The van der Waals surface area contributed by atoms with Gasteiger partial charge < -0.3 is 11.1 Å². The number of carbonyl (C=O) groups is 1. The maximum absolute atomic E-state index is 11.8. The number of rotatable bonds is 5. The summed E-state index contributed by atoms with van der Waals surface area (Å²) in [7, 11) is 0. The van der Waals surface area contributed by atoms with Gasteiger partial charge in [0.05, 0.1) is 6.04 Å². The van der Waals surface area contributed by atoms with Crippen molar-refractivity contribution in [2.24, 2.45) is 17.6 Å². The molecule has 98 valence electrons. The van der Waals surface area contributed by atoms with E-state index in [1.165, 1.54) is 51.4 Å².